The van der Waals surface area contributed by atoms with Crippen LogP contribution in [0.5, 0.6) is 0 Å². The van der Waals surface area contributed by atoms with Gasteiger partial charge in [0.15, 0.2) is 0 Å². The molecule has 3 heteroatoms. The lowest BCUT2D eigenvalue weighted by molar-refractivity contribution is 0.586. The summed E-state index contributed by atoms with van der Waals surface area (Å²) >= 11 is 0. The van der Waals surface area contributed by atoms with Crippen molar-refractivity contribution in [1.29, 1.82) is 0 Å². The Kier molecular flexibility index (Phi) is 4.45. The van der Waals surface area contributed by atoms with Crippen molar-refractivity contribution in [2.45, 2.75) is 39.2 Å². The van der Waals surface area contributed by atoms with E-state index in [1.807, 2.05) is 25.1 Å². The highest BCUT2D eigenvalue weighted by Crippen LogP contribution is 2.27. The average molecular weight is 286 g/mol. The molecule has 0 radical (unpaired) electrons. The molecule has 0 saturated carbocycles. The van der Waals surface area contributed by atoms with Gasteiger partial charge in [-0.15, -0.1) is 0 Å². The van der Waals surface area contributed by atoms with E-state index in [1.54, 1.807) is 0 Å². The SMILES string of the molecule is Cc1cc(F)cc(C(NN)c2ccc(C(C)(C)C)cc2)c1. The third-order valence-corrected chi connectivity index (χ3v) is 3.67. The summed E-state index contributed by atoms with van der Waals surface area (Å²) in [7, 11) is 0. The molecule has 0 aliphatic carbocycles. The van der Waals surface area contributed by atoms with Crippen molar-refractivity contribution in [3.05, 3.63) is 70.5 Å². The van der Waals surface area contributed by atoms with Crippen LogP contribution in [-0.2, 0) is 5.41 Å². The van der Waals surface area contributed by atoms with Crippen LogP contribution in [0.15, 0.2) is 42.5 Å². The summed E-state index contributed by atoms with van der Waals surface area (Å²) in [5.41, 5.74) is 6.89. The summed E-state index contributed by atoms with van der Waals surface area (Å²) in [5.74, 6) is 5.45. The lowest BCUT2D eigenvalue weighted by Gasteiger charge is -2.22. The normalized spacial score (nSPS) is 13.2. The van der Waals surface area contributed by atoms with E-state index in [1.165, 1.54) is 17.7 Å². The fraction of sp³-hybridized carbons (Fsp3) is 0.333. The Labute approximate surface area is 126 Å². The Morgan fingerprint density at radius 3 is 2.10 bits per heavy atom. The molecule has 2 aromatic carbocycles. The first-order valence-electron chi connectivity index (χ1n) is 7.15. The van der Waals surface area contributed by atoms with Crippen LogP contribution in [0.2, 0.25) is 0 Å². The fourth-order valence-corrected chi connectivity index (χ4v) is 2.49. The van der Waals surface area contributed by atoms with Crippen LogP contribution in [0, 0.1) is 12.7 Å². The van der Waals surface area contributed by atoms with Gasteiger partial charge in [-0.1, -0.05) is 51.1 Å². The van der Waals surface area contributed by atoms with Crippen molar-refractivity contribution < 1.29 is 4.39 Å². The standard InChI is InChI=1S/C18H23FN2/c1-12-9-14(11-16(19)10-12)17(21-20)13-5-7-15(8-6-13)18(2,3)4/h5-11,17,21H,20H2,1-4H3. The van der Waals surface area contributed by atoms with Crippen LogP contribution in [0.4, 0.5) is 4.39 Å². The lowest BCUT2D eigenvalue weighted by atomic mass is 9.86. The third-order valence-electron chi connectivity index (χ3n) is 3.67. The Bertz CT molecular complexity index is 592. The molecule has 1 unspecified atom stereocenters. The molecular formula is C18H23FN2. The smallest absolute Gasteiger partial charge is 0.123 e. The maximum Gasteiger partial charge on any atom is 0.123 e. The van der Waals surface area contributed by atoms with E-state index in [0.717, 1.165) is 16.7 Å². The molecule has 0 aliphatic heterocycles. The minimum atomic E-state index is -0.239. The van der Waals surface area contributed by atoms with Gasteiger partial charge in [0, 0.05) is 0 Å². The minimum Gasteiger partial charge on any atom is -0.271 e. The van der Waals surface area contributed by atoms with Gasteiger partial charge in [-0.05, 0) is 46.7 Å². The van der Waals surface area contributed by atoms with Gasteiger partial charge >= 0.3 is 0 Å². The maximum absolute atomic E-state index is 13.6. The number of hydrogen-bond donors (Lipinski definition) is 2. The quantitative estimate of drug-likeness (QED) is 0.661. The first-order chi connectivity index (χ1) is 9.81. The number of rotatable bonds is 3. The molecule has 0 aliphatic rings. The van der Waals surface area contributed by atoms with Crippen molar-refractivity contribution in [3.63, 3.8) is 0 Å². The molecule has 21 heavy (non-hydrogen) atoms. The highest BCUT2D eigenvalue weighted by Gasteiger charge is 2.17. The van der Waals surface area contributed by atoms with Crippen LogP contribution in [0.25, 0.3) is 0 Å². The number of hydrazine groups is 1. The molecule has 2 nitrogen and oxygen atoms in total. The Hall–Kier alpha value is -1.71. The lowest BCUT2D eigenvalue weighted by Crippen LogP contribution is -2.29. The predicted molar refractivity (Wildman–Crippen MR) is 85.4 cm³/mol. The topological polar surface area (TPSA) is 38.0 Å². The summed E-state index contributed by atoms with van der Waals surface area (Å²) in [6.07, 6.45) is 0. The van der Waals surface area contributed by atoms with E-state index in [2.05, 4.69) is 38.3 Å². The molecule has 112 valence electrons. The summed E-state index contributed by atoms with van der Waals surface area (Å²) in [4.78, 5) is 0. The molecule has 0 bridgehead atoms. The summed E-state index contributed by atoms with van der Waals surface area (Å²) in [6, 6.07) is 13.1. The van der Waals surface area contributed by atoms with Crippen LogP contribution in [-0.4, -0.2) is 0 Å². The zero-order chi connectivity index (χ0) is 15.6. The fourth-order valence-electron chi connectivity index (χ4n) is 2.49. The van der Waals surface area contributed by atoms with Gasteiger partial charge in [-0.3, -0.25) is 5.84 Å². The van der Waals surface area contributed by atoms with E-state index in [0.29, 0.717) is 0 Å². The molecule has 0 amide bonds. The van der Waals surface area contributed by atoms with Gasteiger partial charge in [0.25, 0.3) is 0 Å². The first-order valence-corrected chi connectivity index (χ1v) is 7.15. The number of nitrogens with two attached hydrogens (primary N) is 1. The van der Waals surface area contributed by atoms with Gasteiger partial charge in [-0.25, -0.2) is 9.82 Å². The molecule has 2 aromatic rings. The minimum absolute atomic E-state index is 0.111. The van der Waals surface area contributed by atoms with Crippen LogP contribution in [0.3, 0.4) is 0 Å². The number of aryl methyl sites for hydroxylation is 1. The maximum atomic E-state index is 13.6. The average Bonchev–Trinajstić information content (AvgIpc) is 2.38. The molecule has 0 saturated heterocycles. The monoisotopic (exact) mass is 286 g/mol. The molecule has 0 spiro atoms. The molecule has 2 rings (SSSR count). The molecule has 0 fully saturated rings. The Morgan fingerprint density at radius 2 is 1.62 bits per heavy atom. The van der Waals surface area contributed by atoms with E-state index >= 15 is 0 Å². The van der Waals surface area contributed by atoms with Crippen molar-refractivity contribution >= 4 is 0 Å². The van der Waals surface area contributed by atoms with Crippen molar-refractivity contribution in [1.82, 2.24) is 5.43 Å². The largest absolute Gasteiger partial charge is 0.271 e. The van der Waals surface area contributed by atoms with Gasteiger partial charge in [0.05, 0.1) is 6.04 Å². The van der Waals surface area contributed by atoms with Crippen LogP contribution in [0.1, 0.15) is 49.1 Å². The predicted octanol–water partition coefficient (Wildman–Crippen LogP) is 3.98. The summed E-state index contributed by atoms with van der Waals surface area (Å²) < 4.78 is 13.6. The molecule has 0 aromatic heterocycles. The second-order valence-electron chi connectivity index (χ2n) is 6.53. The van der Waals surface area contributed by atoms with Gasteiger partial charge < -0.3 is 0 Å². The number of nitrogens with one attached hydrogen (secondary N) is 1. The van der Waals surface area contributed by atoms with E-state index in [9.17, 15) is 4.39 Å². The van der Waals surface area contributed by atoms with Gasteiger partial charge in [-0.2, -0.15) is 0 Å². The molecular weight excluding hydrogens is 263 g/mol. The Morgan fingerprint density at radius 1 is 1.00 bits per heavy atom. The number of hydrogen-bond acceptors (Lipinski definition) is 2. The second-order valence-corrected chi connectivity index (χ2v) is 6.53. The molecule has 0 heterocycles. The number of halogens is 1. The third kappa shape index (κ3) is 3.69. The van der Waals surface area contributed by atoms with E-state index in [4.69, 9.17) is 5.84 Å². The van der Waals surface area contributed by atoms with E-state index < -0.39 is 0 Å². The second kappa shape index (κ2) is 5.96. The highest BCUT2D eigenvalue weighted by atomic mass is 19.1. The zero-order valence-electron chi connectivity index (χ0n) is 13.1. The first kappa shape index (κ1) is 15.7. The van der Waals surface area contributed by atoms with E-state index in [-0.39, 0.29) is 17.3 Å². The van der Waals surface area contributed by atoms with Gasteiger partial charge in [0.1, 0.15) is 5.82 Å². The van der Waals surface area contributed by atoms with Crippen molar-refractivity contribution in [3.8, 4) is 0 Å². The summed E-state index contributed by atoms with van der Waals surface area (Å²) in [5, 5.41) is 0. The highest BCUT2D eigenvalue weighted by molar-refractivity contribution is 5.36. The number of benzene rings is 2. The molecule has 1 atom stereocenters. The Balaban J connectivity index is 2.37. The van der Waals surface area contributed by atoms with Crippen molar-refractivity contribution in [2.75, 3.05) is 0 Å². The van der Waals surface area contributed by atoms with Gasteiger partial charge in [0.2, 0.25) is 0 Å². The van der Waals surface area contributed by atoms with Crippen molar-refractivity contribution in [2.24, 2.45) is 5.84 Å². The van der Waals surface area contributed by atoms with Crippen LogP contribution < -0.4 is 11.3 Å². The molecule has 3 N–H and O–H groups in total. The summed E-state index contributed by atoms with van der Waals surface area (Å²) in [6.45, 7) is 8.41. The zero-order valence-corrected chi connectivity index (χ0v) is 13.1. The van der Waals surface area contributed by atoms with Crippen LogP contribution >= 0.6 is 0 Å².